The molecular weight excluding hydrogens is 439 g/mol. The maximum absolute atomic E-state index is 13.5. The molecule has 2 heterocycles. The van der Waals surface area contributed by atoms with Gasteiger partial charge < -0.3 is 4.57 Å². The highest BCUT2D eigenvalue weighted by atomic mass is 35.5. The van der Waals surface area contributed by atoms with Gasteiger partial charge in [-0.25, -0.2) is 0 Å². The van der Waals surface area contributed by atoms with Crippen molar-refractivity contribution in [2.24, 2.45) is 0 Å². The third-order valence-corrected chi connectivity index (χ3v) is 6.55. The van der Waals surface area contributed by atoms with Crippen LogP contribution in [0.5, 0.6) is 0 Å². The van der Waals surface area contributed by atoms with Gasteiger partial charge in [0.15, 0.2) is 0 Å². The number of aryl methyl sites for hydroxylation is 1. The molecule has 0 saturated carbocycles. The Kier molecular flexibility index (Phi) is 5.16. The van der Waals surface area contributed by atoms with E-state index in [2.05, 4.69) is 10.6 Å². The lowest BCUT2D eigenvalue weighted by atomic mass is 10.0. The van der Waals surface area contributed by atoms with Crippen molar-refractivity contribution in [2.75, 3.05) is 4.90 Å². The molecule has 158 valence electrons. The largest absolute Gasteiger partial charge is 0.318 e. The molecule has 32 heavy (non-hydrogen) atoms. The lowest BCUT2D eigenvalue weighted by Gasteiger charge is -2.16. The van der Waals surface area contributed by atoms with Gasteiger partial charge in [-0.05, 0) is 68.0 Å². The highest BCUT2D eigenvalue weighted by Crippen LogP contribution is 2.42. The second-order valence-electron chi connectivity index (χ2n) is 7.81. The predicted octanol–water partition coefficient (Wildman–Crippen LogP) is 7.62. The number of rotatable bonds is 3. The summed E-state index contributed by atoms with van der Waals surface area (Å²) in [6, 6.07) is 25.3. The molecule has 0 bridgehead atoms. The van der Waals surface area contributed by atoms with Crippen molar-refractivity contribution in [3.63, 3.8) is 0 Å². The molecule has 0 unspecified atom stereocenters. The van der Waals surface area contributed by atoms with Crippen LogP contribution in [0.4, 0.5) is 11.4 Å². The number of aromatic nitrogens is 1. The zero-order valence-corrected chi connectivity index (χ0v) is 19.2. The number of fused-ring (bicyclic) bond motifs is 1. The van der Waals surface area contributed by atoms with Gasteiger partial charge in [-0.2, -0.15) is 0 Å². The normalized spacial score (nSPS) is 14.3. The summed E-state index contributed by atoms with van der Waals surface area (Å²) in [4.78, 5) is 15.3. The quantitative estimate of drug-likeness (QED) is 0.289. The van der Waals surface area contributed by atoms with E-state index in [-0.39, 0.29) is 5.91 Å². The summed E-state index contributed by atoms with van der Waals surface area (Å²) >= 11 is 12.4. The second-order valence-corrected chi connectivity index (χ2v) is 8.63. The van der Waals surface area contributed by atoms with E-state index in [0.717, 1.165) is 39.6 Å². The van der Waals surface area contributed by atoms with Crippen molar-refractivity contribution in [1.82, 2.24) is 4.57 Å². The molecule has 1 aliphatic rings. The Hall–Kier alpha value is -3.27. The van der Waals surface area contributed by atoms with Gasteiger partial charge in [-0.1, -0.05) is 59.6 Å². The van der Waals surface area contributed by atoms with E-state index < -0.39 is 0 Å². The number of hydrogen-bond donors (Lipinski definition) is 0. The van der Waals surface area contributed by atoms with Gasteiger partial charge in [0.2, 0.25) is 0 Å². The van der Waals surface area contributed by atoms with Crippen LogP contribution in [-0.2, 0) is 4.79 Å². The molecule has 0 N–H and O–H groups in total. The molecule has 0 spiro atoms. The Morgan fingerprint density at radius 2 is 1.50 bits per heavy atom. The number of carbonyl (C=O) groups excluding carboxylic acids is 1. The minimum Gasteiger partial charge on any atom is -0.318 e. The molecular formula is C27H20Cl2N2O. The van der Waals surface area contributed by atoms with Crippen LogP contribution in [0.2, 0.25) is 10.0 Å². The molecule has 5 rings (SSSR count). The molecule has 5 heteroatoms. The zero-order chi connectivity index (χ0) is 22.4. The van der Waals surface area contributed by atoms with Crippen LogP contribution >= 0.6 is 23.2 Å². The lowest BCUT2D eigenvalue weighted by molar-refractivity contribution is -0.112. The summed E-state index contributed by atoms with van der Waals surface area (Å²) in [6.45, 7) is 4.08. The Labute approximate surface area is 197 Å². The summed E-state index contributed by atoms with van der Waals surface area (Å²) in [5, 5.41) is 1.03. The van der Waals surface area contributed by atoms with E-state index in [1.165, 1.54) is 0 Å². The van der Waals surface area contributed by atoms with Gasteiger partial charge in [0.25, 0.3) is 5.91 Å². The van der Waals surface area contributed by atoms with Crippen LogP contribution in [0, 0.1) is 13.8 Å². The van der Waals surface area contributed by atoms with Gasteiger partial charge >= 0.3 is 0 Å². The first-order valence-electron chi connectivity index (χ1n) is 10.3. The van der Waals surface area contributed by atoms with E-state index in [1.54, 1.807) is 11.0 Å². The molecule has 3 nitrogen and oxygen atoms in total. The Morgan fingerprint density at radius 1 is 0.781 bits per heavy atom. The summed E-state index contributed by atoms with van der Waals surface area (Å²) in [5.74, 6) is -0.0308. The molecule has 3 aromatic carbocycles. The zero-order valence-electron chi connectivity index (χ0n) is 17.6. The van der Waals surface area contributed by atoms with Gasteiger partial charge in [-0.15, -0.1) is 0 Å². The van der Waals surface area contributed by atoms with E-state index in [0.29, 0.717) is 15.6 Å². The fraction of sp³-hybridized carbons (Fsp3) is 0.0741. The summed E-state index contributed by atoms with van der Waals surface area (Å²) in [5.41, 5.74) is 7.36. The van der Waals surface area contributed by atoms with Crippen LogP contribution in [-0.4, -0.2) is 10.5 Å². The summed E-state index contributed by atoms with van der Waals surface area (Å²) < 4.78 is 2.12. The number of anilines is 2. The third-order valence-electron chi connectivity index (χ3n) is 5.81. The van der Waals surface area contributed by atoms with Gasteiger partial charge in [-0.3, -0.25) is 9.69 Å². The van der Waals surface area contributed by atoms with Crippen molar-refractivity contribution in [3.05, 3.63) is 111 Å². The van der Waals surface area contributed by atoms with Gasteiger partial charge in [0, 0.05) is 28.3 Å². The van der Waals surface area contributed by atoms with Crippen LogP contribution < -0.4 is 4.90 Å². The number of carbonyl (C=O) groups is 1. The average Bonchev–Trinajstić information content (AvgIpc) is 3.23. The molecule has 0 radical (unpaired) electrons. The first-order valence-corrected chi connectivity index (χ1v) is 11.1. The van der Waals surface area contributed by atoms with E-state index in [4.69, 9.17) is 23.2 Å². The summed E-state index contributed by atoms with van der Waals surface area (Å²) in [7, 11) is 0. The Bertz CT molecular complexity index is 1390. The number of hydrogen-bond acceptors (Lipinski definition) is 1. The minimum absolute atomic E-state index is 0.0308. The molecule has 0 aliphatic carbocycles. The topological polar surface area (TPSA) is 25.2 Å². The monoisotopic (exact) mass is 458 g/mol. The SMILES string of the molecule is Cc1cc(/C=C2/C(=O)N(c3ccccc3)c3ccccc32)c(C)n1-c1ccc(Cl)c(Cl)c1. The molecule has 1 aromatic heterocycles. The minimum atomic E-state index is -0.0308. The molecule has 0 saturated heterocycles. The molecule has 1 aliphatic heterocycles. The highest BCUT2D eigenvalue weighted by molar-refractivity contribution is 6.42. The molecule has 0 fully saturated rings. The fourth-order valence-electron chi connectivity index (χ4n) is 4.33. The standard InChI is InChI=1S/C27H20Cl2N2O/c1-17-14-19(18(2)30(17)21-12-13-24(28)25(29)16-21)15-23-22-10-6-7-11-26(22)31(27(23)32)20-8-4-3-5-9-20/h3-16H,1-2H3/b23-15+. The smallest absolute Gasteiger partial charge is 0.263 e. The number of halogens is 2. The van der Waals surface area contributed by atoms with E-state index in [9.17, 15) is 4.79 Å². The lowest BCUT2D eigenvalue weighted by Crippen LogP contribution is -2.20. The Morgan fingerprint density at radius 3 is 2.25 bits per heavy atom. The van der Waals surface area contributed by atoms with Crippen LogP contribution in [0.1, 0.15) is 22.5 Å². The Balaban J connectivity index is 1.63. The fourth-order valence-corrected chi connectivity index (χ4v) is 4.62. The maximum atomic E-state index is 13.5. The van der Waals surface area contributed by atoms with Crippen molar-refractivity contribution >= 4 is 52.1 Å². The van der Waals surface area contributed by atoms with E-state index in [1.807, 2.05) is 86.7 Å². The molecule has 4 aromatic rings. The summed E-state index contributed by atoms with van der Waals surface area (Å²) in [6.07, 6.45) is 1.99. The molecule has 0 atom stereocenters. The van der Waals surface area contributed by atoms with Crippen molar-refractivity contribution in [2.45, 2.75) is 13.8 Å². The second kappa shape index (κ2) is 8.01. The number of amides is 1. The maximum Gasteiger partial charge on any atom is 0.263 e. The average molecular weight is 459 g/mol. The molecule has 1 amide bonds. The first-order chi connectivity index (χ1) is 15.5. The predicted molar refractivity (Wildman–Crippen MR) is 133 cm³/mol. The van der Waals surface area contributed by atoms with Crippen molar-refractivity contribution in [3.8, 4) is 5.69 Å². The first kappa shape index (κ1) is 20.6. The van der Waals surface area contributed by atoms with Gasteiger partial charge in [0.05, 0.1) is 21.3 Å². The van der Waals surface area contributed by atoms with E-state index >= 15 is 0 Å². The number of benzene rings is 3. The third kappa shape index (κ3) is 3.35. The van der Waals surface area contributed by atoms with Crippen LogP contribution in [0.3, 0.4) is 0 Å². The van der Waals surface area contributed by atoms with Crippen molar-refractivity contribution in [1.29, 1.82) is 0 Å². The van der Waals surface area contributed by atoms with Crippen LogP contribution in [0.15, 0.2) is 78.9 Å². The highest BCUT2D eigenvalue weighted by Gasteiger charge is 2.33. The van der Waals surface area contributed by atoms with Crippen molar-refractivity contribution < 1.29 is 4.79 Å². The number of para-hydroxylation sites is 2. The van der Waals surface area contributed by atoms with Gasteiger partial charge in [0.1, 0.15) is 0 Å². The van der Waals surface area contributed by atoms with Crippen LogP contribution in [0.25, 0.3) is 17.3 Å². The number of nitrogens with zero attached hydrogens (tertiary/aromatic N) is 2.